The Kier molecular flexibility index (Phi) is 7.14. The fourth-order valence-corrected chi connectivity index (χ4v) is 8.86. The molecular formula is C27H46O5. The van der Waals surface area contributed by atoms with Crippen molar-refractivity contribution in [2.75, 3.05) is 0 Å². The third kappa shape index (κ3) is 3.79. The number of hydrogen-bond acceptors (Lipinski definition) is 5. The minimum absolute atomic E-state index is 0.0314. The number of unbranched alkanes of at least 4 members (excludes halogenated alkanes) is 2. The number of hydrogen-bond donors (Lipinski definition) is 4. The van der Waals surface area contributed by atoms with E-state index in [1.807, 2.05) is 0 Å². The van der Waals surface area contributed by atoms with Crippen LogP contribution in [0.5, 0.6) is 0 Å². The van der Waals surface area contributed by atoms with Gasteiger partial charge < -0.3 is 20.4 Å². The Bertz CT molecular complexity index is 679. The molecule has 0 aliphatic heterocycles. The van der Waals surface area contributed by atoms with Crippen molar-refractivity contribution in [2.45, 2.75) is 110 Å². The minimum Gasteiger partial charge on any atom is -0.393 e. The Balaban J connectivity index is 1.61. The van der Waals surface area contributed by atoms with E-state index in [1.165, 1.54) is 19.3 Å². The molecule has 0 spiro atoms. The molecule has 184 valence electrons. The largest absolute Gasteiger partial charge is 0.393 e. The summed E-state index contributed by atoms with van der Waals surface area (Å²) >= 11 is 0. The summed E-state index contributed by atoms with van der Waals surface area (Å²) in [6, 6.07) is 0. The number of rotatable bonds is 5. The van der Waals surface area contributed by atoms with E-state index in [9.17, 15) is 25.2 Å². The van der Waals surface area contributed by atoms with E-state index in [0.717, 1.165) is 32.1 Å². The second-order valence-electron chi connectivity index (χ2n) is 12.2. The van der Waals surface area contributed by atoms with Crippen molar-refractivity contribution in [3.8, 4) is 0 Å². The first-order valence-electron chi connectivity index (χ1n) is 13.4. The highest BCUT2D eigenvalue weighted by Gasteiger charge is 2.63. The first-order valence-corrected chi connectivity index (χ1v) is 13.4. The number of aliphatic hydroxyl groups is 4. The fourth-order valence-electron chi connectivity index (χ4n) is 8.86. The maximum Gasteiger partial charge on any atom is 0.142 e. The zero-order valence-electron chi connectivity index (χ0n) is 20.5. The molecule has 0 aromatic carbocycles. The maximum absolute atomic E-state index is 14.0. The second-order valence-corrected chi connectivity index (χ2v) is 12.2. The summed E-state index contributed by atoms with van der Waals surface area (Å²) in [5.41, 5.74) is -0.509. The molecule has 13 atom stereocenters. The molecule has 0 heterocycles. The summed E-state index contributed by atoms with van der Waals surface area (Å²) < 4.78 is 0. The molecule has 0 amide bonds. The summed E-state index contributed by atoms with van der Waals surface area (Å²) in [6.45, 7) is 8.05. The first-order chi connectivity index (χ1) is 15.1. The Morgan fingerprint density at radius 1 is 1.03 bits per heavy atom. The van der Waals surface area contributed by atoms with Gasteiger partial charge in [0.05, 0.1) is 24.4 Å². The van der Waals surface area contributed by atoms with Crippen LogP contribution in [-0.4, -0.2) is 50.6 Å². The van der Waals surface area contributed by atoms with Crippen LogP contribution in [0.4, 0.5) is 0 Å². The molecule has 32 heavy (non-hydrogen) atoms. The number of aliphatic hydroxyl groups excluding tert-OH is 4. The quantitative estimate of drug-likeness (QED) is 0.480. The van der Waals surface area contributed by atoms with Crippen LogP contribution in [0, 0.1) is 52.8 Å². The highest BCUT2D eigenvalue weighted by atomic mass is 16.3. The lowest BCUT2D eigenvalue weighted by atomic mass is 9.43. The molecular weight excluding hydrogens is 404 g/mol. The van der Waals surface area contributed by atoms with Gasteiger partial charge in [0.1, 0.15) is 5.78 Å². The molecule has 0 saturated heterocycles. The van der Waals surface area contributed by atoms with E-state index in [0.29, 0.717) is 12.3 Å². The summed E-state index contributed by atoms with van der Waals surface area (Å²) in [5.74, 6) is 0.474. The molecule has 5 heteroatoms. The van der Waals surface area contributed by atoms with Crippen LogP contribution in [0.25, 0.3) is 0 Å². The molecule has 4 saturated carbocycles. The van der Waals surface area contributed by atoms with E-state index in [4.69, 9.17) is 0 Å². The lowest BCUT2D eigenvalue weighted by Crippen LogP contribution is -2.65. The lowest BCUT2D eigenvalue weighted by molar-refractivity contribution is -0.215. The Labute approximate surface area is 194 Å². The van der Waals surface area contributed by atoms with Crippen LogP contribution in [0.3, 0.4) is 0 Å². The van der Waals surface area contributed by atoms with Crippen molar-refractivity contribution in [3.05, 3.63) is 0 Å². The van der Waals surface area contributed by atoms with E-state index < -0.39 is 35.7 Å². The molecule has 0 radical (unpaired) electrons. The van der Waals surface area contributed by atoms with Gasteiger partial charge in [-0.25, -0.2) is 0 Å². The summed E-state index contributed by atoms with van der Waals surface area (Å²) in [5, 5.41) is 43.3. The van der Waals surface area contributed by atoms with Crippen LogP contribution in [0.15, 0.2) is 0 Å². The molecule has 0 aromatic rings. The molecule has 10 unspecified atom stereocenters. The fraction of sp³-hybridized carbons (Fsp3) is 0.963. The Hall–Kier alpha value is -0.490. The molecule has 0 aromatic heterocycles. The Morgan fingerprint density at radius 2 is 1.75 bits per heavy atom. The zero-order chi connectivity index (χ0) is 23.4. The summed E-state index contributed by atoms with van der Waals surface area (Å²) in [7, 11) is 0. The topological polar surface area (TPSA) is 98.0 Å². The molecule has 4 fully saturated rings. The monoisotopic (exact) mass is 450 g/mol. The summed E-state index contributed by atoms with van der Waals surface area (Å²) in [4.78, 5) is 14.0. The van der Waals surface area contributed by atoms with Gasteiger partial charge in [0.2, 0.25) is 0 Å². The molecule has 4 rings (SSSR count). The standard InChI is InChI=1S/C27H46O5/c1-5-6-7-8-16-9-10-20(29)24-19(16)12-17-11-18-13-21(30)23(15(3)28)26(32)27(18,4)14(2)22(17)25(24)31/h14-24,26,28-30,32H,5-13H2,1-4H3/t14?,15?,16?,17-,18+,19?,20?,21?,22?,23?,24?,26?,27+/m1/s1. The average molecular weight is 451 g/mol. The molecule has 5 nitrogen and oxygen atoms in total. The van der Waals surface area contributed by atoms with Gasteiger partial charge in [-0.3, -0.25) is 4.79 Å². The van der Waals surface area contributed by atoms with Crippen molar-refractivity contribution in [1.82, 2.24) is 0 Å². The van der Waals surface area contributed by atoms with Gasteiger partial charge in [-0.15, -0.1) is 0 Å². The van der Waals surface area contributed by atoms with Crippen molar-refractivity contribution >= 4 is 5.78 Å². The molecule has 0 bridgehead atoms. The predicted octanol–water partition coefficient (Wildman–Crippen LogP) is 3.56. The van der Waals surface area contributed by atoms with E-state index >= 15 is 0 Å². The van der Waals surface area contributed by atoms with E-state index in [2.05, 4.69) is 20.8 Å². The number of carbonyl (C=O) groups excluding carboxylic acids is 1. The number of fused-ring (bicyclic) bond motifs is 3. The third-order valence-electron chi connectivity index (χ3n) is 10.7. The normalized spacial score (nSPS) is 52.0. The van der Waals surface area contributed by atoms with Crippen LogP contribution in [-0.2, 0) is 4.79 Å². The molecule has 4 aliphatic rings. The van der Waals surface area contributed by atoms with Gasteiger partial charge in [0.25, 0.3) is 0 Å². The highest BCUT2D eigenvalue weighted by Crippen LogP contribution is 2.62. The van der Waals surface area contributed by atoms with Crippen molar-refractivity contribution < 1.29 is 25.2 Å². The van der Waals surface area contributed by atoms with Crippen molar-refractivity contribution in [2.24, 2.45) is 52.8 Å². The van der Waals surface area contributed by atoms with Gasteiger partial charge >= 0.3 is 0 Å². The van der Waals surface area contributed by atoms with Crippen LogP contribution >= 0.6 is 0 Å². The maximum atomic E-state index is 14.0. The second kappa shape index (κ2) is 9.28. The van der Waals surface area contributed by atoms with Crippen LogP contribution in [0.2, 0.25) is 0 Å². The van der Waals surface area contributed by atoms with Crippen LogP contribution < -0.4 is 0 Å². The molecule has 4 N–H and O–H groups in total. The van der Waals surface area contributed by atoms with Gasteiger partial charge in [-0.05, 0) is 68.6 Å². The predicted molar refractivity (Wildman–Crippen MR) is 124 cm³/mol. The van der Waals surface area contributed by atoms with E-state index in [1.54, 1.807) is 6.92 Å². The molecule has 4 aliphatic carbocycles. The number of Topliss-reactive ketones (excluding diaryl/α,β-unsaturated/α-hetero) is 1. The number of carbonyl (C=O) groups is 1. The third-order valence-corrected chi connectivity index (χ3v) is 10.7. The van der Waals surface area contributed by atoms with Gasteiger partial charge in [-0.1, -0.05) is 46.5 Å². The minimum atomic E-state index is -0.837. The van der Waals surface area contributed by atoms with E-state index in [-0.39, 0.29) is 41.3 Å². The highest BCUT2D eigenvalue weighted by molar-refractivity contribution is 5.86. The zero-order valence-corrected chi connectivity index (χ0v) is 20.5. The van der Waals surface area contributed by atoms with Crippen LogP contribution in [0.1, 0.15) is 85.5 Å². The first kappa shape index (κ1) is 24.6. The van der Waals surface area contributed by atoms with Gasteiger partial charge in [0, 0.05) is 23.2 Å². The van der Waals surface area contributed by atoms with Gasteiger partial charge in [0.15, 0.2) is 0 Å². The lowest BCUT2D eigenvalue weighted by Gasteiger charge is -2.62. The van der Waals surface area contributed by atoms with Gasteiger partial charge in [-0.2, -0.15) is 0 Å². The smallest absolute Gasteiger partial charge is 0.142 e. The summed E-state index contributed by atoms with van der Waals surface area (Å²) in [6.07, 6.45) is 6.13. The van der Waals surface area contributed by atoms with Crippen molar-refractivity contribution in [1.29, 1.82) is 0 Å². The number of ketones is 1. The SMILES string of the molecule is CCCCCC1CCC(O)C2C(=O)C3C(C)[C@]4(C)C(O)C(C(C)O)C(O)C[C@@H]4C[C@@H]3CC12. The average Bonchev–Trinajstić information content (AvgIpc) is 2.72. The van der Waals surface area contributed by atoms with Crippen molar-refractivity contribution in [3.63, 3.8) is 0 Å². The Morgan fingerprint density at radius 3 is 2.41 bits per heavy atom.